The van der Waals surface area contributed by atoms with Gasteiger partial charge in [-0.15, -0.1) is 11.3 Å². The Morgan fingerprint density at radius 1 is 0.357 bits per heavy atom. The first-order valence-electron chi connectivity index (χ1n) is 24.3. The first-order valence-corrected chi connectivity index (χ1v) is 25.2. The smallest absolute Gasteiger partial charge is 0.137 e. The van der Waals surface area contributed by atoms with Crippen LogP contribution in [0.4, 0.5) is 34.1 Å². The summed E-state index contributed by atoms with van der Waals surface area (Å²) >= 11 is 1.90. The van der Waals surface area contributed by atoms with Gasteiger partial charge < -0.3 is 14.2 Å². The Morgan fingerprint density at radius 3 is 1.50 bits per heavy atom. The Bertz CT molecular complexity index is 4100. The van der Waals surface area contributed by atoms with Gasteiger partial charge in [0.05, 0.1) is 32.8 Å². The van der Waals surface area contributed by atoms with E-state index in [0.29, 0.717) is 0 Å². The maximum Gasteiger partial charge on any atom is 0.137 e. The molecule has 10 aromatic carbocycles. The normalized spacial score (nSPS) is 13.9. The zero-order chi connectivity index (χ0) is 46.9. The van der Waals surface area contributed by atoms with Crippen LogP contribution < -0.4 is 9.80 Å². The first-order chi connectivity index (χ1) is 34.3. The summed E-state index contributed by atoms with van der Waals surface area (Å²) in [6.45, 7) is 9.48. The van der Waals surface area contributed by atoms with Crippen LogP contribution in [-0.4, -0.2) is 0 Å². The van der Waals surface area contributed by atoms with Crippen LogP contribution in [0.25, 0.3) is 75.5 Å². The number of fused-ring (bicyclic) bond motifs is 12. The molecule has 0 amide bonds. The van der Waals surface area contributed by atoms with Crippen LogP contribution in [0.1, 0.15) is 49.9 Å². The summed E-state index contributed by atoms with van der Waals surface area (Å²) in [4.78, 5) is 5.06. The van der Waals surface area contributed by atoms with Crippen molar-refractivity contribution in [3.05, 3.63) is 241 Å². The molecule has 0 saturated carbocycles. The molecule has 70 heavy (non-hydrogen) atoms. The summed E-state index contributed by atoms with van der Waals surface area (Å²) in [5.41, 5.74) is 21.0. The van der Waals surface area contributed by atoms with Gasteiger partial charge in [-0.25, -0.2) is 0 Å². The maximum absolute atomic E-state index is 6.63. The summed E-state index contributed by atoms with van der Waals surface area (Å²) in [6, 6.07) is 80.5. The minimum absolute atomic E-state index is 0.176. The molecule has 0 radical (unpaired) electrons. The number of hydrogen-bond donors (Lipinski definition) is 0. The summed E-state index contributed by atoms with van der Waals surface area (Å²) in [5, 5.41) is 4.71. The predicted molar refractivity (Wildman–Crippen MR) is 297 cm³/mol. The third kappa shape index (κ3) is 5.80. The molecule has 0 atom stereocenters. The molecule has 0 saturated heterocycles. The van der Waals surface area contributed by atoms with Gasteiger partial charge in [-0.3, -0.25) is 0 Å². The lowest BCUT2D eigenvalue weighted by molar-refractivity contribution is 0.660. The molecule has 2 aliphatic rings. The van der Waals surface area contributed by atoms with Crippen molar-refractivity contribution in [3.8, 4) is 33.4 Å². The van der Waals surface area contributed by atoms with E-state index in [1.165, 1.54) is 75.8 Å². The second kappa shape index (κ2) is 15.2. The lowest BCUT2D eigenvalue weighted by Crippen LogP contribution is -2.17. The van der Waals surface area contributed by atoms with Crippen molar-refractivity contribution in [3.63, 3.8) is 0 Å². The molecule has 12 aromatic rings. The van der Waals surface area contributed by atoms with E-state index in [9.17, 15) is 0 Å². The minimum atomic E-state index is -0.179. The number of hydrogen-bond acceptors (Lipinski definition) is 4. The second-order valence-corrected chi connectivity index (χ2v) is 21.0. The second-order valence-electron chi connectivity index (χ2n) is 20.0. The van der Waals surface area contributed by atoms with Gasteiger partial charge in [0.25, 0.3) is 0 Å². The zero-order valence-corrected chi connectivity index (χ0v) is 40.3. The molecule has 2 aromatic heterocycles. The summed E-state index contributed by atoms with van der Waals surface area (Å²) in [7, 11) is 0. The highest BCUT2D eigenvalue weighted by Crippen LogP contribution is 2.58. The molecule has 0 aliphatic heterocycles. The highest BCUT2D eigenvalue weighted by molar-refractivity contribution is 7.27. The largest absolute Gasteiger partial charge is 0.456 e. The van der Waals surface area contributed by atoms with Crippen LogP contribution in [0.2, 0.25) is 0 Å². The van der Waals surface area contributed by atoms with Crippen molar-refractivity contribution < 1.29 is 4.42 Å². The Balaban J connectivity index is 1.06. The maximum atomic E-state index is 6.63. The third-order valence-corrected chi connectivity index (χ3v) is 16.7. The van der Waals surface area contributed by atoms with E-state index in [2.05, 4.69) is 256 Å². The van der Waals surface area contributed by atoms with E-state index in [1.807, 2.05) is 11.3 Å². The van der Waals surface area contributed by atoms with Crippen molar-refractivity contribution >= 4 is 87.6 Å². The van der Waals surface area contributed by atoms with E-state index < -0.39 is 0 Å². The number of anilines is 6. The van der Waals surface area contributed by atoms with Crippen LogP contribution in [0.3, 0.4) is 0 Å². The van der Waals surface area contributed by atoms with E-state index >= 15 is 0 Å². The number of furan rings is 1. The van der Waals surface area contributed by atoms with Crippen molar-refractivity contribution in [2.75, 3.05) is 9.80 Å². The molecule has 2 aliphatic carbocycles. The van der Waals surface area contributed by atoms with Gasteiger partial charge in [0.2, 0.25) is 0 Å². The number of para-hydroxylation sites is 1. The average Bonchev–Trinajstić information content (AvgIpc) is 4.11. The fourth-order valence-electron chi connectivity index (χ4n) is 12.2. The van der Waals surface area contributed by atoms with Crippen LogP contribution in [0.5, 0.6) is 0 Å². The number of nitrogens with zero attached hydrogens (tertiary/aromatic N) is 2. The highest BCUT2D eigenvalue weighted by Gasteiger charge is 2.40. The summed E-state index contributed by atoms with van der Waals surface area (Å²) in [6.07, 6.45) is 0. The molecular formula is C66H48N2OS. The van der Waals surface area contributed by atoms with Crippen molar-refractivity contribution in [1.29, 1.82) is 0 Å². The Hall–Kier alpha value is -8.18. The van der Waals surface area contributed by atoms with Crippen LogP contribution in [0.15, 0.2) is 223 Å². The topological polar surface area (TPSA) is 19.6 Å². The SMILES string of the molecule is CC1(C)c2ccccc2-c2c(N(c3cccc(N(c4cccc5c4-c4ccccc4C5(C)C)c4cccc5oc6ccccc6c45)c3)c3cccc4c3sc3c(-c5ccccc5)cccc34)cccc21. The molecule has 3 nitrogen and oxygen atoms in total. The molecule has 0 unspecified atom stereocenters. The Kier molecular flexibility index (Phi) is 8.85. The average molecular weight is 917 g/mol. The van der Waals surface area contributed by atoms with Crippen LogP contribution in [0, 0.1) is 0 Å². The summed E-state index contributed by atoms with van der Waals surface area (Å²) < 4.78 is 9.18. The van der Waals surface area contributed by atoms with Crippen molar-refractivity contribution in [1.82, 2.24) is 0 Å². The standard InChI is InChI=1S/C66H48N2OS/c1-65(2)50-30-11-8-24-47(50)60-52(65)32-17-34-54(60)67(56-36-19-39-59-62(56)49-26-10-13-38-58(49)69-59)42-22-14-23-43(40-42)68(55-35-18-33-53-61(55)48-25-9-12-31-51(48)66(53,3)4)57-37-16-29-46-45-28-15-27-44(63(45)70-64(46)57)41-20-6-5-7-21-41/h5-40H,1-4H3. The molecule has 4 heteroatoms. The van der Waals surface area contributed by atoms with Gasteiger partial charge in [0.1, 0.15) is 11.2 Å². The van der Waals surface area contributed by atoms with Crippen LogP contribution >= 0.6 is 11.3 Å². The zero-order valence-electron chi connectivity index (χ0n) is 39.5. The van der Waals surface area contributed by atoms with E-state index in [-0.39, 0.29) is 10.8 Å². The molecule has 334 valence electrons. The van der Waals surface area contributed by atoms with Gasteiger partial charge in [0, 0.05) is 54.2 Å². The lowest BCUT2D eigenvalue weighted by Gasteiger charge is -2.32. The van der Waals surface area contributed by atoms with E-state index in [0.717, 1.165) is 56.1 Å². The summed E-state index contributed by atoms with van der Waals surface area (Å²) in [5.74, 6) is 0. The molecule has 2 heterocycles. The minimum Gasteiger partial charge on any atom is -0.456 e. The predicted octanol–water partition coefficient (Wildman–Crippen LogP) is 19.2. The molecule has 0 fully saturated rings. The molecule has 0 bridgehead atoms. The quantitative estimate of drug-likeness (QED) is 0.159. The number of thiophene rings is 1. The van der Waals surface area contributed by atoms with E-state index in [1.54, 1.807) is 0 Å². The van der Waals surface area contributed by atoms with Gasteiger partial charge in [-0.05, 0) is 99.1 Å². The van der Waals surface area contributed by atoms with Crippen molar-refractivity contribution in [2.24, 2.45) is 0 Å². The van der Waals surface area contributed by atoms with Gasteiger partial charge in [-0.2, -0.15) is 0 Å². The number of rotatable bonds is 7. The molecule has 0 spiro atoms. The van der Waals surface area contributed by atoms with Gasteiger partial charge in [0.15, 0.2) is 0 Å². The highest BCUT2D eigenvalue weighted by atomic mass is 32.1. The monoisotopic (exact) mass is 916 g/mol. The van der Waals surface area contributed by atoms with Gasteiger partial charge in [-0.1, -0.05) is 191 Å². The van der Waals surface area contributed by atoms with E-state index in [4.69, 9.17) is 4.42 Å². The van der Waals surface area contributed by atoms with Crippen molar-refractivity contribution in [2.45, 2.75) is 38.5 Å². The lowest BCUT2D eigenvalue weighted by atomic mass is 9.82. The van der Waals surface area contributed by atoms with Crippen LogP contribution in [-0.2, 0) is 10.8 Å². The molecular weight excluding hydrogens is 869 g/mol. The number of benzene rings is 10. The fraction of sp³-hybridized carbons (Fsp3) is 0.0909. The molecule has 0 N–H and O–H groups in total. The Morgan fingerprint density at radius 2 is 0.814 bits per heavy atom. The Labute approximate surface area is 412 Å². The van der Waals surface area contributed by atoms with Gasteiger partial charge >= 0.3 is 0 Å². The molecule has 14 rings (SSSR count). The third-order valence-electron chi connectivity index (χ3n) is 15.4. The fourth-order valence-corrected chi connectivity index (χ4v) is 13.5. The first kappa shape index (κ1) is 40.8.